The molecule has 7 nitrogen and oxygen atoms in total. The first-order valence-corrected chi connectivity index (χ1v) is 6.13. The van der Waals surface area contributed by atoms with Crippen molar-refractivity contribution in [1.29, 1.82) is 0 Å². The predicted octanol–water partition coefficient (Wildman–Crippen LogP) is -0.605. The third-order valence-electron chi connectivity index (χ3n) is 3.31. The van der Waals surface area contributed by atoms with E-state index in [4.69, 9.17) is 9.84 Å². The van der Waals surface area contributed by atoms with E-state index in [0.29, 0.717) is 13.2 Å². The Morgan fingerprint density at radius 2 is 2.17 bits per heavy atom. The van der Waals surface area contributed by atoms with Crippen LogP contribution in [0.3, 0.4) is 0 Å². The fourth-order valence-electron chi connectivity index (χ4n) is 2.38. The molecule has 2 heterocycles. The minimum atomic E-state index is -1.08. The Morgan fingerprint density at radius 1 is 1.39 bits per heavy atom. The molecule has 0 radical (unpaired) electrons. The highest BCUT2D eigenvalue weighted by molar-refractivity contribution is 5.83. The summed E-state index contributed by atoms with van der Waals surface area (Å²) in [7, 11) is 0. The van der Waals surface area contributed by atoms with Gasteiger partial charge in [-0.05, 0) is 12.8 Å². The van der Waals surface area contributed by atoms with Crippen molar-refractivity contribution in [3.63, 3.8) is 0 Å². The van der Waals surface area contributed by atoms with Gasteiger partial charge in [-0.2, -0.15) is 0 Å². The number of hydrogen-bond acceptors (Lipinski definition) is 4. The normalized spacial score (nSPS) is 32.3. The summed E-state index contributed by atoms with van der Waals surface area (Å²) in [6, 6.07) is -1.45. The number of aliphatic carboxylic acids is 1. The van der Waals surface area contributed by atoms with E-state index in [9.17, 15) is 14.7 Å². The SMILES string of the molecule is O=C(O)[C@@H]1C[C@H](O)CN1C(=O)NC1CCCOC1. The number of rotatable bonds is 2. The number of amides is 2. The van der Waals surface area contributed by atoms with E-state index in [-0.39, 0.29) is 19.0 Å². The van der Waals surface area contributed by atoms with Crippen molar-refractivity contribution in [3.05, 3.63) is 0 Å². The van der Waals surface area contributed by atoms with Crippen molar-refractivity contribution in [2.24, 2.45) is 0 Å². The zero-order valence-corrected chi connectivity index (χ0v) is 10.0. The number of carbonyl (C=O) groups is 2. The van der Waals surface area contributed by atoms with E-state index in [1.165, 1.54) is 4.90 Å². The molecular weight excluding hydrogens is 240 g/mol. The van der Waals surface area contributed by atoms with Gasteiger partial charge in [0.1, 0.15) is 6.04 Å². The van der Waals surface area contributed by atoms with Crippen LogP contribution in [-0.2, 0) is 9.53 Å². The Balaban J connectivity index is 1.92. The highest BCUT2D eigenvalue weighted by atomic mass is 16.5. The maximum Gasteiger partial charge on any atom is 0.326 e. The monoisotopic (exact) mass is 258 g/mol. The van der Waals surface area contributed by atoms with Crippen LogP contribution in [0.15, 0.2) is 0 Å². The van der Waals surface area contributed by atoms with Crippen molar-refractivity contribution in [3.8, 4) is 0 Å². The first-order chi connectivity index (χ1) is 8.58. The van der Waals surface area contributed by atoms with Gasteiger partial charge in [0.25, 0.3) is 0 Å². The highest BCUT2D eigenvalue weighted by Gasteiger charge is 2.39. The first kappa shape index (κ1) is 13.1. The van der Waals surface area contributed by atoms with Crippen molar-refractivity contribution < 1.29 is 24.5 Å². The lowest BCUT2D eigenvalue weighted by atomic mass is 10.1. The number of carbonyl (C=O) groups excluding carboxylic acids is 1. The Morgan fingerprint density at radius 3 is 2.78 bits per heavy atom. The Bertz CT molecular complexity index is 329. The molecule has 2 aliphatic heterocycles. The molecule has 2 fully saturated rings. The van der Waals surface area contributed by atoms with E-state index in [2.05, 4.69) is 5.32 Å². The number of nitrogens with zero attached hydrogens (tertiary/aromatic N) is 1. The summed E-state index contributed by atoms with van der Waals surface area (Å²) in [5.74, 6) is -1.08. The Labute approximate surface area is 105 Å². The largest absolute Gasteiger partial charge is 0.480 e. The molecular formula is C11H18N2O5. The molecule has 7 heteroatoms. The maximum absolute atomic E-state index is 12.0. The average molecular weight is 258 g/mol. The standard InChI is InChI=1S/C11H18N2O5/c14-8-4-9(10(15)16)13(5-8)11(17)12-7-2-1-3-18-6-7/h7-9,14H,1-6H2,(H,12,17)(H,15,16)/t7?,8-,9-/m0/s1. The molecule has 0 aromatic carbocycles. The molecule has 102 valence electrons. The van der Waals surface area contributed by atoms with Gasteiger partial charge in [-0.3, -0.25) is 0 Å². The second-order valence-electron chi connectivity index (χ2n) is 4.76. The van der Waals surface area contributed by atoms with Gasteiger partial charge in [0.2, 0.25) is 0 Å². The number of carboxylic acid groups (broad SMARTS) is 1. The molecule has 1 unspecified atom stereocenters. The van der Waals surface area contributed by atoms with Crippen LogP contribution in [-0.4, -0.2) is 65.1 Å². The van der Waals surface area contributed by atoms with E-state index in [1.807, 2.05) is 0 Å². The van der Waals surface area contributed by atoms with Crippen LogP contribution < -0.4 is 5.32 Å². The summed E-state index contributed by atoms with van der Waals surface area (Å²) >= 11 is 0. The minimum Gasteiger partial charge on any atom is -0.480 e. The summed E-state index contributed by atoms with van der Waals surface area (Å²) in [4.78, 5) is 24.1. The minimum absolute atomic E-state index is 0.0659. The number of urea groups is 1. The van der Waals surface area contributed by atoms with Crippen LogP contribution in [0.4, 0.5) is 4.79 Å². The summed E-state index contributed by atoms with van der Waals surface area (Å²) < 4.78 is 5.24. The third-order valence-corrected chi connectivity index (χ3v) is 3.31. The van der Waals surface area contributed by atoms with E-state index >= 15 is 0 Å². The lowest BCUT2D eigenvalue weighted by Crippen LogP contribution is -2.51. The third kappa shape index (κ3) is 2.91. The molecule has 0 aromatic rings. The van der Waals surface area contributed by atoms with E-state index in [0.717, 1.165) is 12.8 Å². The molecule has 2 saturated heterocycles. The van der Waals surface area contributed by atoms with E-state index < -0.39 is 24.1 Å². The number of aliphatic hydroxyl groups excluding tert-OH is 1. The lowest BCUT2D eigenvalue weighted by molar-refractivity contribution is -0.141. The molecule has 0 bridgehead atoms. The van der Waals surface area contributed by atoms with Gasteiger partial charge in [-0.1, -0.05) is 0 Å². The predicted molar refractivity (Wildman–Crippen MR) is 61.1 cm³/mol. The number of ether oxygens (including phenoxy) is 1. The number of hydrogen-bond donors (Lipinski definition) is 3. The lowest BCUT2D eigenvalue weighted by Gasteiger charge is -2.27. The van der Waals surface area contributed by atoms with Crippen molar-refractivity contribution in [2.45, 2.75) is 37.5 Å². The number of nitrogens with one attached hydrogen (secondary N) is 1. The summed E-state index contributed by atoms with van der Waals surface area (Å²) in [5, 5.41) is 21.2. The zero-order chi connectivity index (χ0) is 13.1. The Hall–Kier alpha value is -1.34. The maximum atomic E-state index is 12.0. The van der Waals surface area contributed by atoms with Gasteiger partial charge >= 0.3 is 12.0 Å². The fourth-order valence-corrected chi connectivity index (χ4v) is 2.38. The summed E-state index contributed by atoms with van der Waals surface area (Å²) in [6.45, 7) is 1.22. The summed E-state index contributed by atoms with van der Waals surface area (Å²) in [5.41, 5.74) is 0. The van der Waals surface area contributed by atoms with E-state index in [1.54, 1.807) is 0 Å². The number of carboxylic acids is 1. The topological polar surface area (TPSA) is 99.1 Å². The molecule has 18 heavy (non-hydrogen) atoms. The van der Waals surface area contributed by atoms with Crippen molar-refractivity contribution in [2.75, 3.05) is 19.8 Å². The van der Waals surface area contributed by atoms with Gasteiger partial charge < -0.3 is 25.2 Å². The summed E-state index contributed by atoms with van der Waals surface area (Å²) in [6.07, 6.45) is 1.04. The molecule has 3 atom stereocenters. The number of β-amino-alcohol motifs (C(OH)–C–C–N with tert-alkyl or cyclic N) is 1. The molecule has 0 saturated carbocycles. The van der Waals surface area contributed by atoms with Crippen LogP contribution in [0.2, 0.25) is 0 Å². The fraction of sp³-hybridized carbons (Fsp3) is 0.818. The molecule has 2 rings (SSSR count). The molecule has 0 aliphatic carbocycles. The van der Waals surface area contributed by atoms with Gasteiger partial charge in [0, 0.05) is 19.6 Å². The molecule has 3 N–H and O–H groups in total. The second kappa shape index (κ2) is 5.53. The van der Waals surface area contributed by atoms with Crippen LogP contribution in [0, 0.1) is 0 Å². The quantitative estimate of drug-likeness (QED) is 0.614. The van der Waals surface area contributed by atoms with Gasteiger partial charge in [0.15, 0.2) is 0 Å². The number of aliphatic hydroxyl groups is 1. The second-order valence-corrected chi connectivity index (χ2v) is 4.76. The van der Waals surface area contributed by atoms with Gasteiger partial charge in [-0.25, -0.2) is 9.59 Å². The van der Waals surface area contributed by atoms with Gasteiger partial charge in [-0.15, -0.1) is 0 Å². The molecule has 2 aliphatic rings. The molecule has 0 aromatic heterocycles. The van der Waals surface area contributed by atoms with Gasteiger partial charge in [0.05, 0.1) is 18.8 Å². The Kier molecular flexibility index (Phi) is 4.03. The van der Waals surface area contributed by atoms with Crippen LogP contribution in [0.25, 0.3) is 0 Å². The van der Waals surface area contributed by atoms with Crippen LogP contribution >= 0.6 is 0 Å². The zero-order valence-electron chi connectivity index (χ0n) is 10.0. The van der Waals surface area contributed by atoms with Crippen LogP contribution in [0.5, 0.6) is 0 Å². The molecule has 2 amide bonds. The number of likely N-dealkylation sites (tertiary alicyclic amines) is 1. The average Bonchev–Trinajstić information content (AvgIpc) is 2.73. The van der Waals surface area contributed by atoms with Crippen molar-refractivity contribution in [1.82, 2.24) is 10.2 Å². The smallest absolute Gasteiger partial charge is 0.326 e. The molecule has 0 spiro atoms. The highest BCUT2D eigenvalue weighted by Crippen LogP contribution is 2.18. The van der Waals surface area contributed by atoms with Crippen LogP contribution in [0.1, 0.15) is 19.3 Å². The first-order valence-electron chi connectivity index (χ1n) is 6.13. The van der Waals surface area contributed by atoms with Crippen molar-refractivity contribution >= 4 is 12.0 Å².